The zero-order valence-corrected chi connectivity index (χ0v) is 10.8. The second-order valence-corrected chi connectivity index (χ2v) is 4.17. The van der Waals surface area contributed by atoms with Crippen molar-refractivity contribution in [1.82, 2.24) is 0 Å². The Morgan fingerprint density at radius 3 is 2.00 bits per heavy atom. The Kier molecular flexibility index (Phi) is 5.08. The second kappa shape index (κ2) is 6.35. The largest absolute Gasteiger partial charge is 0.398 e. The van der Waals surface area contributed by atoms with Crippen molar-refractivity contribution in [3.63, 3.8) is 0 Å². The van der Waals surface area contributed by atoms with Gasteiger partial charge >= 0.3 is 0 Å². The van der Waals surface area contributed by atoms with Crippen LogP contribution < -0.4 is 11.5 Å². The number of benzene rings is 1. The van der Waals surface area contributed by atoms with Crippen LogP contribution in [0.25, 0.3) is 0 Å². The summed E-state index contributed by atoms with van der Waals surface area (Å²) in [4.78, 5) is 10.6. The molecule has 7 heteroatoms. The van der Waals surface area contributed by atoms with Gasteiger partial charge in [-0.05, 0) is 18.4 Å². The molecule has 7 nitrogen and oxygen atoms in total. The van der Waals surface area contributed by atoms with Crippen LogP contribution >= 0.6 is 0 Å². The van der Waals surface area contributed by atoms with E-state index in [4.69, 9.17) is 21.7 Å². The lowest BCUT2D eigenvalue weighted by molar-refractivity contribution is -0.384. The zero-order valence-electron chi connectivity index (χ0n) is 10.8. The van der Waals surface area contributed by atoms with Gasteiger partial charge in [0.2, 0.25) is 0 Å². The minimum atomic E-state index is -0.556. The van der Waals surface area contributed by atoms with E-state index in [1.165, 1.54) is 0 Å². The lowest BCUT2D eigenvalue weighted by atomic mass is 9.92. The molecule has 0 spiro atoms. The van der Waals surface area contributed by atoms with Crippen molar-refractivity contribution in [3.05, 3.63) is 26.8 Å². The van der Waals surface area contributed by atoms with Gasteiger partial charge < -0.3 is 21.7 Å². The number of nitrogens with two attached hydrogens (primary N) is 2. The predicted molar refractivity (Wildman–Crippen MR) is 72.9 cm³/mol. The fraction of sp³-hybridized carbons (Fsp3) is 0.500. The van der Waals surface area contributed by atoms with Crippen LogP contribution in [0.15, 0.2) is 0 Å². The fourth-order valence-electron chi connectivity index (χ4n) is 2.31. The maximum Gasteiger partial charge on any atom is 0.296 e. The Bertz CT molecular complexity index is 489. The SMILES string of the molecule is CCc1c(N)c(CCO)c(CCO)c([N+](=O)[O-])c1N. The Hall–Kier alpha value is -1.86. The van der Waals surface area contributed by atoms with Crippen molar-refractivity contribution in [2.45, 2.75) is 26.2 Å². The first-order valence-electron chi connectivity index (χ1n) is 6.07. The molecule has 0 aliphatic carbocycles. The molecule has 1 aromatic carbocycles. The van der Waals surface area contributed by atoms with Crippen molar-refractivity contribution < 1.29 is 15.1 Å². The third kappa shape index (κ3) is 2.77. The number of nitro groups is 1. The smallest absolute Gasteiger partial charge is 0.296 e. The van der Waals surface area contributed by atoms with E-state index >= 15 is 0 Å². The highest BCUT2D eigenvalue weighted by molar-refractivity contribution is 5.78. The Morgan fingerprint density at radius 2 is 1.58 bits per heavy atom. The van der Waals surface area contributed by atoms with Crippen molar-refractivity contribution in [3.8, 4) is 0 Å². The van der Waals surface area contributed by atoms with Crippen LogP contribution in [0.5, 0.6) is 0 Å². The first kappa shape index (κ1) is 15.2. The van der Waals surface area contributed by atoms with Gasteiger partial charge in [-0.15, -0.1) is 0 Å². The fourth-order valence-corrected chi connectivity index (χ4v) is 2.31. The average Bonchev–Trinajstić information content (AvgIpc) is 2.34. The van der Waals surface area contributed by atoms with E-state index in [0.29, 0.717) is 28.8 Å². The summed E-state index contributed by atoms with van der Waals surface area (Å²) in [6.07, 6.45) is 0.760. The molecule has 1 rings (SSSR count). The zero-order chi connectivity index (χ0) is 14.6. The molecule has 6 N–H and O–H groups in total. The number of aliphatic hydroxyl groups is 2. The molecule has 106 valence electrons. The molecule has 0 aliphatic rings. The van der Waals surface area contributed by atoms with Crippen LogP contribution in [0.3, 0.4) is 0 Å². The standard InChI is InChI=1S/C12H19N3O4/c1-2-7-10(13)8(3-5-16)9(4-6-17)12(11(7)14)15(18)19/h16-17H,2-6,13-14H2,1H3. The molecule has 0 saturated carbocycles. The van der Waals surface area contributed by atoms with Crippen LogP contribution in [-0.4, -0.2) is 28.4 Å². The van der Waals surface area contributed by atoms with Gasteiger partial charge in [0.05, 0.1) is 4.92 Å². The Balaban J connectivity index is 3.67. The lowest BCUT2D eigenvalue weighted by Crippen LogP contribution is -2.13. The van der Waals surface area contributed by atoms with Crippen LogP contribution in [0.1, 0.15) is 23.6 Å². The Labute approximate surface area is 111 Å². The van der Waals surface area contributed by atoms with Crippen molar-refractivity contribution in [2.75, 3.05) is 24.7 Å². The highest BCUT2D eigenvalue weighted by atomic mass is 16.6. The number of hydrogen-bond donors (Lipinski definition) is 4. The molecule has 0 aromatic heterocycles. The molecule has 0 bridgehead atoms. The lowest BCUT2D eigenvalue weighted by Gasteiger charge is -2.17. The summed E-state index contributed by atoms with van der Waals surface area (Å²) < 4.78 is 0. The highest BCUT2D eigenvalue weighted by Gasteiger charge is 2.26. The first-order chi connectivity index (χ1) is 8.99. The van der Waals surface area contributed by atoms with Crippen LogP contribution in [0.2, 0.25) is 0 Å². The quantitative estimate of drug-likeness (QED) is 0.335. The number of aliphatic hydroxyl groups excluding tert-OH is 2. The number of nitrogen functional groups attached to an aromatic ring is 2. The van der Waals surface area contributed by atoms with Gasteiger partial charge in [-0.3, -0.25) is 10.1 Å². The van der Waals surface area contributed by atoms with Gasteiger partial charge in [-0.25, -0.2) is 0 Å². The number of nitro benzene ring substituents is 1. The van der Waals surface area contributed by atoms with Crippen LogP contribution in [-0.2, 0) is 19.3 Å². The summed E-state index contributed by atoms with van der Waals surface area (Å²) in [7, 11) is 0. The number of nitrogens with zero attached hydrogens (tertiary/aromatic N) is 1. The molecule has 1 aromatic rings. The van der Waals surface area contributed by atoms with Crippen molar-refractivity contribution >= 4 is 17.1 Å². The molecular formula is C12H19N3O4. The van der Waals surface area contributed by atoms with E-state index in [1.54, 1.807) is 6.92 Å². The molecule has 0 unspecified atom stereocenters. The van der Waals surface area contributed by atoms with Crippen molar-refractivity contribution in [2.24, 2.45) is 0 Å². The molecule has 0 heterocycles. The molecule has 0 aliphatic heterocycles. The predicted octanol–water partition coefficient (Wildman–Crippen LogP) is 0.391. The normalized spacial score (nSPS) is 10.7. The summed E-state index contributed by atoms with van der Waals surface area (Å²) in [6.45, 7) is 1.39. The van der Waals surface area contributed by atoms with Gasteiger partial charge in [0, 0.05) is 36.4 Å². The number of hydrogen-bond acceptors (Lipinski definition) is 6. The van der Waals surface area contributed by atoms with Gasteiger partial charge in [-0.1, -0.05) is 6.92 Å². The van der Waals surface area contributed by atoms with E-state index in [-0.39, 0.29) is 37.4 Å². The van der Waals surface area contributed by atoms with Crippen LogP contribution in [0, 0.1) is 10.1 Å². The van der Waals surface area contributed by atoms with E-state index in [1.807, 2.05) is 0 Å². The second-order valence-electron chi connectivity index (χ2n) is 4.17. The van der Waals surface area contributed by atoms with Gasteiger partial charge in [0.1, 0.15) is 5.69 Å². The molecule has 0 radical (unpaired) electrons. The van der Waals surface area contributed by atoms with Crippen molar-refractivity contribution in [1.29, 1.82) is 0 Å². The van der Waals surface area contributed by atoms with E-state index in [9.17, 15) is 10.1 Å². The number of anilines is 2. The van der Waals surface area contributed by atoms with E-state index < -0.39 is 4.92 Å². The monoisotopic (exact) mass is 269 g/mol. The summed E-state index contributed by atoms with van der Waals surface area (Å²) in [5.74, 6) is 0. The minimum absolute atomic E-state index is 0.0511. The molecular weight excluding hydrogens is 250 g/mol. The van der Waals surface area contributed by atoms with Gasteiger partial charge in [0.25, 0.3) is 5.69 Å². The Morgan fingerprint density at radius 1 is 1.05 bits per heavy atom. The van der Waals surface area contributed by atoms with Gasteiger partial charge in [0.15, 0.2) is 0 Å². The van der Waals surface area contributed by atoms with Crippen LogP contribution in [0.4, 0.5) is 17.1 Å². The minimum Gasteiger partial charge on any atom is -0.398 e. The average molecular weight is 269 g/mol. The third-order valence-electron chi connectivity index (χ3n) is 3.14. The maximum absolute atomic E-state index is 11.2. The molecule has 0 amide bonds. The summed E-state index contributed by atoms with van der Waals surface area (Å²) >= 11 is 0. The third-order valence-corrected chi connectivity index (χ3v) is 3.14. The molecule has 0 fully saturated rings. The first-order valence-corrected chi connectivity index (χ1v) is 6.07. The van der Waals surface area contributed by atoms with E-state index in [0.717, 1.165) is 0 Å². The van der Waals surface area contributed by atoms with E-state index in [2.05, 4.69) is 0 Å². The summed E-state index contributed by atoms with van der Waals surface area (Å²) in [6, 6.07) is 0. The molecule has 0 saturated heterocycles. The number of rotatable bonds is 6. The topological polar surface area (TPSA) is 136 Å². The summed E-state index contributed by atoms with van der Waals surface area (Å²) in [5.41, 5.74) is 13.4. The molecule has 19 heavy (non-hydrogen) atoms. The highest BCUT2D eigenvalue weighted by Crippen LogP contribution is 2.38. The maximum atomic E-state index is 11.2. The molecule has 0 atom stereocenters. The summed E-state index contributed by atoms with van der Waals surface area (Å²) in [5, 5.41) is 29.3. The van der Waals surface area contributed by atoms with Gasteiger partial charge in [-0.2, -0.15) is 0 Å².